The van der Waals surface area contributed by atoms with E-state index in [0.29, 0.717) is 68.4 Å². The number of aliphatic hydroxyl groups is 2. The number of amidine groups is 2. The summed E-state index contributed by atoms with van der Waals surface area (Å²) >= 11 is 0. The second kappa shape index (κ2) is 15.6. The zero-order chi connectivity index (χ0) is 41.0. The molecule has 4 N–H and O–H groups in total. The maximum absolute atomic E-state index is 14.0. The summed E-state index contributed by atoms with van der Waals surface area (Å²) in [7, 11) is 1.93. The molecule has 5 heterocycles. The number of nitrogens with one attached hydrogen (secondary N) is 2. The van der Waals surface area contributed by atoms with Crippen molar-refractivity contribution in [3.63, 3.8) is 0 Å². The maximum atomic E-state index is 14.0. The third-order valence-electron chi connectivity index (χ3n) is 13.9. The molecule has 2 saturated carbocycles. The molecule has 0 bridgehead atoms. The fourth-order valence-corrected chi connectivity index (χ4v) is 10.4. The van der Waals surface area contributed by atoms with Gasteiger partial charge in [0.1, 0.15) is 23.0 Å². The summed E-state index contributed by atoms with van der Waals surface area (Å²) in [6, 6.07) is 3.65. The van der Waals surface area contributed by atoms with Gasteiger partial charge in [-0.05, 0) is 86.6 Å². The highest BCUT2D eigenvalue weighted by atomic mass is 16.6. The number of carbonyl (C=O) groups is 3. The van der Waals surface area contributed by atoms with E-state index in [1.54, 1.807) is 37.8 Å². The predicted octanol–water partition coefficient (Wildman–Crippen LogP) is 2.93. The number of hydrogen-bond donors (Lipinski definition) is 4. The highest BCUT2D eigenvalue weighted by Gasteiger charge is 2.71. The van der Waals surface area contributed by atoms with Gasteiger partial charge < -0.3 is 34.9 Å². The van der Waals surface area contributed by atoms with Crippen LogP contribution in [-0.4, -0.2) is 124 Å². The van der Waals surface area contributed by atoms with Gasteiger partial charge in [0.2, 0.25) is 0 Å². The minimum absolute atomic E-state index is 0.0458. The van der Waals surface area contributed by atoms with Crippen molar-refractivity contribution in [1.29, 1.82) is 0 Å². The van der Waals surface area contributed by atoms with Crippen molar-refractivity contribution < 1.29 is 34.1 Å². The van der Waals surface area contributed by atoms with Gasteiger partial charge in [-0.15, -0.1) is 0 Å². The van der Waals surface area contributed by atoms with Crippen molar-refractivity contribution in [3.05, 3.63) is 47.5 Å². The van der Waals surface area contributed by atoms with E-state index in [1.165, 1.54) is 0 Å². The molecule has 10 atom stereocenters. The van der Waals surface area contributed by atoms with Gasteiger partial charge in [0.15, 0.2) is 11.6 Å². The van der Waals surface area contributed by atoms with Crippen LogP contribution in [0.4, 0.5) is 0 Å². The number of aliphatic imine (C=N–C) groups is 4. The Bertz CT molecular complexity index is 2180. The zero-order valence-corrected chi connectivity index (χ0v) is 33.9. The summed E-state index contributed by atoms with van der Waals surface area (Å²) in [5, 5.41) is 29.6. The molecule has 8 rings (SSSR count). The lowest BCUT2D eigenvalue weighted by Crippen LogP contribution is -2.68. The van der Waals surface area contributed by atoms with E-state index in [-0.39, 0.29) is 48.9 Å². The molecule has 0 radical (unpaired) electrons. The Morgan fingerprint density at radius 1 is 1.07 bits per heavy atom. The highest BCUT2D eigenvalue weighted by molar-refractivity contribution is 6.08. The molecule has 6 aliphatic rings. The van der Waals surface area contributed by atoms with Gasteiger partial charge in [0.05, 0.1) is 80.3 Å². The van der Waals surface area contributed by atoms with Gasteiger partial charge in [-0.25, -0.2) is 19.8 Å². The van der Waals surface area contributed by atoms with E-state index in [9.17, 15) is 24.6 Å². The second-order valence-electron chi connectivity index (χ2n) is 17.5. The lowest BCUT2D eigenvalue weighted by Gasteiger charge is -2.63. The summed E-state index contributed by atoms with van der Waals surface area (Å²) < 4.78 is 14.4. The Kier molecular flexibility index (Phi) is 10.8. The van der Waals surface area contributed by atoms with Crippen LogP contribution in [0.15, 0.2) is 61.9 Å². The molecule has 4 aliphatic heterocycles. The molecule has 1 aromatic heterocycles. The quantitative estimate of drug-likeness (QED) is 0.153. The van der Waals surface area contributed by atoms with Gasteiger partial charge in [-0.3, -0.25) is 19.6 Å². The number of hydrogen-bond acceptors (Lipinski definition) is 14. The minimum Gasteiger partial charge on any atom is -0.423 e. The van der Waals surface area contributed by atoms with Crippen molar-refractivity contribution in [2.24, 2.45) is 49.7 Å². The SMILES string of the molecule is CC(NC(CC1C2(CO2)C(NC(C)C(=O)CC2=NCC=N2)CC2[C@]1(C)CC[C@@H](O)[C@@]2(C)CO)C1=C/C(=C\c2ccc3c(c2)ncn3C)OC1=O)C(=O)CC1=NCC=N1. The number of aromatic nitrogens is 2. The fraction of sp³-hybridized carbons (Fsp3) is 0.581. The molecule has 1 saturated heterocycles. The van der Waals surface area contributed by atoms with E-state index >= 15 is 0 Å². The van der Waals surface area contributed by atoms with Gasteiger partial charge in [-0.2, -0.15) is 0 Å². The van der Waals surface area contributed by atoms with Gasteiger partial charge in [-0.1, -0.05) is 19.9 Å². The Morgan fingerprint density at radius 3 is 2.40 bits per heavy atom. The summed E-state index contributed by atoms with van der Waals surface area (Å²) in [5.41, 5.74) is 0.969. The average molecular weight is 795 g/mol. The van der Waals surface area contributed by atoms with Crippen molar-refractivity contribution in [3.8, 4) is 0 Å². The van der Waals surface area contributed by atoms with Crippen LogP contribution in [0.25, 0.3) is 17.1 Å². The van der Waals surface area contributed by atoms with Crippen LogP contribution in [-0.2, 0) is 30.9 Å². The van der Waals surface area contributed by atoms with Crippen LogP contribution in [0, 0.1) is 22.7 Å². The summed E-state index contributed by atoms with van der Waals surface area (Å²) in [6.07, 6.45) is 10.2. The first-order valence-electron chi connectivity index (χ1n) is 20.4. The first-order chi connectivity index (χ1) is 27.7. The molecule has 3 fully saturated rings. The molecular formula is C43H54N8O7. The Labute approximate surface area is 337 Å². The maximum Gasteiger partial charge on any atom is 0.341 e. The first-order valence-corrected chi connectivity index (χ1v) is 20.4. The standard InChI is InChI=1S/C43H54N8O7/c1-24(32(53)18-38-44-10-11-45-38)49-29(28-16-27(58-40(28)56)14-26-6-7-31-30(15-26)48-23-51(31)5)17-35-41(3)9-8-37(55)42(4,21-52)34(41)20-36(43(35)22-57-43)50-25(2)33(54)19-39-46-12-13-47-39/h6-7,10,12,14-16,23-25,29,34-37,49-50,52,55H,8-9,11,13,17-22H2,1-5H3/b27-14+/t24?,25?,29?,34?,35?,36?,37-,41+,42+,43?/m1/s1. The van der Waals surface area contributed by atoms with Crippen LogP contribution in [0.2, 0.25) is 0 Å². The van der Waals surface area contributed by atoms with E-state index in [2.05, 4.69) is 42.5 Å². The Hall–Kier alpha value is -4.54. The van der Waals surface area contributed by atoms with Crippen molar-refractivity contribution in [2.45, 2.75) is 102 Å². The van der Waals surface area contributed by atoms with Crippen molar-refractivity contribution >= 4 is 58.7 Å². The van der Waals surface area contributed by atoms with E-state index in [0.717, 1.165) is 16.6 Å². The van der Waals surface area contributed by atoms with Gasteiger partial charge in [0.25, 0.3) is 0 Å². The van der Waals surface area contributed by atoms with Gasteiger partial charge >= 0.3 is 5.97 Å². The minimum atomic E-state index is -0.840. The Morgan fingerprint density at radius 2 is 1.76 bits per heavy atom. The number of esters is 1. The number of cyclic esters (lactones) is 1. The number of benzene rings is 1. The lowest BCUT2D eigenvalue weighted by atomic mass is 9.43. The third kappa shape index (κ3) is 7.36. The number of rotatable bonds is 15. The number of aliphatic hydroxyl groups excluding tert-OH is 2. The third-order valence-corrected chi connectivity index (χ3v) is 13.9. The van der Waals surface area contributed by atoms with Crippen molar-refractivity contribution in [1.82, 2.24) is 20.2 Å². The van der Waals surface area contributed by atoms with Crippen LogP contribution < -0.4 is 10.6 Å². The molecule has 15 heteroatoms. The number of fused-ring (bicyclic) bond motifs is 2. The normalized spacial score (nSPS) is 33.5. The Balaban J connectivity index is 1.15. The molecule has 2 aliphatic carbocycles. The summed E-state index contributed by atoms with van der Waals surface area (Å²) in [6.45, 7) is 8.93. The van der Waals surface area contributed by atoms with E-state index in [1.807, 2.05) is 43.7 Å². The number of nitrogens with zero attached hydrogens (tertiary/aromatic N) is 6. The molecule has 1 aromatic carbocycles. The van der Waals surface area contributed by atoms with Crippen LogP contribution in [0.1, 0.15) is 71.8 Å². The summed E-state index contributed by atoms with van der Waals surface area (Å²) in [4.78, 5) is 62.8. The zero-order valence-electron chi connectivity index (χ0n) is 33.9. The molecule has 2 aromatic rings. The van der Waals surface area contributed by atoms with Crippen LogP contribution in [0.5, 0.6) is 0 Å². The molecule has 15 nitrogen and oxygen atoms in total. The lowest BCUT2D eigenvalue weighted by molar-refractivity contribution is -0.185. The van der Waals surface area contributed by atoms with E-state index < -0.39 is 46.6 Å². The predicted molar refractivity (Wildman–Crippen MR) is 220 cm³/mol. The molecular weight excluding hydrogens is 741 g/mol. The number of ketones is 2. The molecule has 1 spiro atoms. The number of imidazole rings is 1. The fourth-order valence-electron chi connectivity index (χ4n) is 10.4. The first kappa shape index (κ1) is 40.2. The monoisotopic (exact) mass is 794 g/mol. The van der Waals surface area contributed by atoms with Crippen molar-refractivity contribution in [2.75, 3.05) is 26.3 Å². The largest absolute Gasteiger partial charge is 0.423 e. The molecule has 58 heavy (non-hydrogen) atoms. The second-order valence-corrected chi connectivity index (χ2v) is 17.5. The number of Topliss-reactive ketones (excluding diaryl/α,β-unsaturated/α-hetero) is 2. The number of aryl methyl sites for hydroxylation is 1. The topological polar surface area (TPSA) is 205 Å². The molecule has 7 unspecified atom stereocenters. The summed E-state index contributed by atoms with van der Waals surface area (Å²) in [5.74, 6) is 0.269. The number of carbonyl (C=O) groups excluding carboxylic acids is 3. The number of allylic oxidation sites excluding steroid dienone is 1. The number of ether oxygens (including phenoxy) is 2. The number of epoxide rings is 1. The molecule has 0 amide bonds. The smallest absolute Gasteiger partial charge is 0.341 e. The van der Waals surface area contributed by atoms with Crippen LogP contribution >= 0.6 is 0 Å². The highest BCUT2D eigenvalue weighted by Crippen LogP contribution is 2.66. The van der Waals surface area contributed by atoms with Crippen LogP contribution in [0.3, 0.4) is 0 Å². The van der Waals surface area contributed by atoms with E-state index in [4.69, 9.17) is 9.47 Å². The average Bonchev–Trinajstić information content (AvgIpc) is 3.64. The molecule has 308 valence electrons. The van der Waals surface area contributed by atoms with Gasteiger partial charge in [0, 0.05) is 37.0 Å².